The van der Waals surface area contributed by atoms with E-state index in [1.807, 2.05) is 24.3 Å². The molecule has 0 aliphatic carbocycles. The van der Waals surface area contributed by atoms with Crippen molar-refractivity contribution in [3.8, 4) is 0 Å². The summed E-state index contributed by atoms with van der Waals surface area (Å²) in [5.41, 5.74) is 1.28. The molecule has 0 spiro atoms. The summed E-state index contributed by atoms with van der Waals surface area (Å²) in [6, 6.07) is 8.06. The molecule has 9 heavy (non-hydrogen) atoms. The monoisotopic (exact) mass is 188 g/mol. The largest absolute Gasteiger partial charge is 2.00 e. The summed E-state index contributed by atoms with van der Waals surface area (Å²) in [6.07, 6.45) is 0. The Morgan fingerprint density at radius 2 is 1.56 bits per heavy atom. The molecule has 1 aromatic rings. The Morgan fingerprint density at radius 1 is 1.11 bits per heavy atom. The van der Waals surface area contributed by atoms with Crippen molar-refractivity contribution in [2.75, 3.05) is 0 Å². The van der Waals surface area contributed by atoms with Crippen LogP contribution in [0.4, 0.5) is 0 Å². The molecule has 1 aromatic carbocycles. The van der Waals surface area contributed by atoms with Crippen molar-refractivity contribution >= 4 is 12.6 Å². The second kappa shape index (κ2) is 4.08. The number of thiol groups is 1. The average Bonchev–Trinajstić information content (AvgIpc) is 1.77. The van der Waals surface area contributed by atoms with Crippen molar-refractivity contribution in [3.63, 3.8) is 0 Å². The molecule has 0 aliphatic rings. The molecule has 0 bridgehead atoms. The number of hydrogen-bond donors (Lipinski definition) is 1. The third-order valence-corrected chi connectivity index (χ3v) is 1.33. The summed E-state index contributed by atoms with van der Waals surface area (Å²) in [4.78, 5) is 1.02. The van der Waals surface area contributed by atoms with E-state index in [2.05, 4.69) is 19.6 Å². The van der Waals surface area contributed by atoms with Gasteiger partial charge in [0.15, 0.2) is 0 Å². The summed E-state index contributed by atoms with van der Waals surface area (Å²) in [6.45, 7) is 2.06. The van der Waals surface area contributed by atoms with Gasteiger partial charge < -0.3 is 0 Å². The summed E-state index contributed by atoms with van der Waals surface area (Å²) in [5, 5.41) is 0. The van der Waals surface area contributed by atoms with Crippen LogP contribution >= 0.6 is 12.6 Å². The number of hydrogen-bond acceptors (Lipinski definition) is 1. The molecule has 0 radical (unpaired) electrons. The van der Waals surface area contributed by atoms with E-state index in [0.29, 0.717) is 0 Å². The van der Waals surface area contributed by atoms with E-state index in [-0.39, 0.29) is 19.5 Å². The van der Waals surface area contributed by atoms with Crippen LogP contribution in [-0.2, 0) is 19.5 Å². The van der Waals surface area contributed by atoms with E-state index in [1.165, 1.54) is 5.56 Å². The zero-order chi connectivity index (χ0) is 5.98. The van der Waals surface area contributed by atoms with Crippen LogP contribution in [0.3, 0.4) is 0 Å². The van der Waals surface area contributed by atoms with Crippen LogP contribution in [0.25, 0.3) is 0 Å². The van der Waals surface area contributed by atoms with Crippen LogP contribution in [0.5, 0.6) is 0 Å². The smallest absolute Gasteiger partial charge is 0.143 e. The van der Waals surface area contributed by atoms with Crippen molar-refractivity contribution in [1.29, 1.82) is 0 Å². The maximum Gasteiger partial charge on any atom is 2.00 e. The first-order valence-electron chi connectivity index (χ1n) is 2.54. The summed E-state index contributed by atoms with van der Waals surface area (Å²) >= 11 is 4.13. The van der Waals surface area contributed by atoms with E-state index in [9.17, 15) is 0 Å². The van der Waals surface area contributed by atoms with Crippen LogP contribution in [0.1, 0.15) is 5.56 Å². The average molecular weight is 190 g/mol. The predicted molar refractivity (Wildman–Crippen MR) is 38.4 cm³/mol. The molecule has 0 N–H and O–H groups in total. The minimum atomic E-state index is 0. The van der Waals surface area contributed by atoms with E-state index in [0.717, 1.165) is 4.90 Å². The Hall–Kier alpha value is 0.193. The standard InChI is InChI=1S/C7H8S.Zn/c1-6-2-4-7(8)5-3-6;/h2-5,8H,1H3;/q;+2. The van der Waals surface area contributed by atoms with Crippen molar-refractivity contribution < 1.29 is 19.5 Å². The van der Waals surface area contributed by atoms with Crippen molar-refractivity contribution in [2.24, 2.45) is 0 Å². The zero-order valence-corrected chi connectivity index (χ0v) is 9.33. The third-order valence-electron chi connectivity index (χ3n) is 1.03. The quantitative estimate of drug-likeness (QED) is 0.470. The molecule has 0 saturated carbocycles. The van der Waals surface area contributed by atoms with Gasteiger partial charge in [0.1, 0.15) is 0 Å². The molecule has 0 fully saturated rings. The molecule has 0 amide bonds. The van der Waals surface area contributed by atoms with E-state index >= 15 is 0 Å². The fourth-order valence-electron chi connectivity index (χ4n) is 0.545. The van der Waals surface area contributed by atoms with Gasteiger partial charge in [0, 0.05) is 4.90 Å². The Balaban J connectivity index is 0.000000640. The maximum atomic E-state index is 4.13. The first-order valence-corrected chi connectivity index (χ1v) is 2.99. The van der Waals surface area contributed by atoms with Gasteiger partial charge in [-0.3, -0.25) is 0 Å². The van der Waals surface area contributed by atoms with Crippen LogP contribution in [-0.4, -0.2) is 0 Å². The Morgan fingerprint density at radius 3 is 1.89 bits per heavy atom. The topological polar surface area (TPSA) is 0 Å². The first-order chi connectivity index (χ1) is 3.79. The molecule has 0 aliphatic heterocycles. The molecule has 0 heterocycles. The minimum Gasteiger partial charge on any atom is -0.143 e. The molecule has 1 rings (SSSR count). The van der Waals surface area contributed by atoms with Gasteiger partial charge in [-0.1, -0.05) is 17.7 Å². The summed E-state index contributed by atoms with van der Waals surface area (Å²) in [7, 11) is 0. The van der Waals surface area contributed by atoms with Gasteiger partial charge in [0.25, 0.3) is 0 Å². The fourth-order valence-corrected chi connectivity index (χ4v) is 0.694. The number of aryl methyl sites for hydroxylation is 1. The van der Waals surface area contributed by atoms with Crippen molar-refractivity contribution in [1.82, 2.24) is 0 Å². The molecular formula is C7H8SZn+2. The Bertz CT molecular complexity index is 148. The van der Waals surface area contributed by atoms with E-state index in [4.69, 9.17) is 0 Å². The normalized spacial score (nSPS) is 8.22. The Labute approximate surface area is 73.8 Å². The summed E-state index contributed by atoms with van der Waals surface area (Å²) < 4.78 is 0. The Kier molecular flexibility index (Phi) is 4.17. The van der Waals surface area contributed by atoms with E-state index in [1.54, 1.807) is 0 Å². The van der Waals surface area contributed by atoms with Crippen LogP contribution < -0.4 is 0 Å². The van der Waals surface area contributed by atoms with Crippen molar-refractivity contribution in [3.05, 3.63) is 29.8 Å². The second-order valence-electron chi connectivity index (χ2n) is 1.84. The van der Waals surface area contributed by atoms with Gasteiger partial charge in [0.05, 0.1) is 0 Å². The van der Waals surface area contributed by atoms with Crippen LogP contribution in [0, 0.1) is 6.92 Å². The van der Waals surface area contributed by atoms with Crippen LogP contribution in [0.2, 0.25) is 0 Å². The van der Waals surface area contributed by atoms with Gasteiger partial charge in [0.2, 0.25) is 0 Å². The SMILES string of the molecule is Cc1ccc(S)cc1.[Zn+2]. The van der Waals surface area contributed by atoms with Gasteiger partial charge in [-0.25, -0.2) is 0 Å². The molecule has 42 valence electrons. The maximum absolute atomic E-state index is 4.13. The molecule has 2 heteroatoms. The molecule has 0 unspecified atom stereocenters. The minimum absolute atomic E-state index is 0. The first kappa shape index (κ1) is 9.19. The number of benzene rings is 1. The molecule has 0 nitrogen and oxygen atoms in total. The summed E-state index contributed by atoms with van der Waals surface area (Å²) in [5.74, 6) is 0. The van der Waals surface area contributed by atoms with E-state index < -0.39 is 0 Å². The van der Waals surface area contributed by atoms with Gasteiger partial charge in [-0.05, 0) is 19.1 Å². The molecule has 0 saturated heterocycles. The van der Waals surface area contributed by atoms with Crippen molar-refractivity contribution in [2.45, 2.75) is 11.8 Å². The van der Waals surface area contributed by atoms with Crippen LogP contribution in [0.15, 0.2) is 29.2 Å². The molecular weight excluding hydrogens is 182 g/mol. The van der Waals surface area contributed by atoms with Gasteiger partial charge >= 0.3 is 19.5 Å². The third kappa shape index (κ3) is 3.02. The van der Waals surface area contributed by atoms with Gasteiger partial charge in [-0.2, -0.15) is 0 Å². The molecule has 0 atom stereocenters. The fraction of sp³-hybridized carbons (Fsp3) is 0.143. The second-order valence-corrected chi connectivity index (χ2v) is 2.35. The predicted octanol–water partition coefficient (Wildman–Crippen LogP) is 2.28. The zero-order valence-electron chi connectivity index (χ0n) is 5.46. The number of rotatable bonds is 0. The molecule has 0 aromatic heterocycles. The van der Waals surface area contributed by atoms with Gasteiger partial charge in [-0.15, -0.1) is 12.6 Å².